The second-order valence-corrected chi connectivity index (χ2v) is 6.56. The number of nitrogens with one attached hydrogen (secondary N) is 2. The summed E-state index contributed by atoms with van der Waals surface area (Å²) in [5, 5.41) is 2.70. The second kappa shape index (κ2) is 5.34. The summed E-state index contributed by atoms with van der Waals surface area (Å²) in [6.45, 7) is 0. The number of hydrogen-bond donors (Lipinski definition) is 2. The lowest BCUT2D eigenvalue weighted by atomic mass is 10.1. The zero-order valence-electron chi connectivity index (χ0n) is 11.8. The van der Waals surface area contributed by atoms with Crippen LogP contribution in [0.3, 0.4) is 0 Å². The molecule has 0 saturated heterocycles. The fourth-order valence-electron chi connectivity index (χ4n) is 2.26. The number of carbonyl (C=O) groups is 1. The number of hydrogen-bond acceptors (Lipinski definition) is 4. The first kappa shape index (κ1) is 14.4. The smallest absolute Gasteiger partial charge is 0.261 e. The van der Waals surface area contributed by atoms with E-state index in [9.17, 15) is 13.2 Å². The zero-order chi connectivity index (χ0) is 15.7. The van der Waals surface area contributed by atoms with Crippen LogP contribution < -0.4 is 14.8 Å². The highest BCUT2D eigenvalue weighted by atomic mass is 32.2. The van der Waals surface area contributed by atoms with Crippen LogP contribution in [0.2, 0.25) is 0 Å². The van der Waals surface area contributed by atoms with E-state index in [1.807, 2.05) is 0 Å². The first-order valence-electron chi connectivity index (χ1n) is 6.57. The fraction of sp³-hybridized carbons (Fsp3) is 0.133. The van der Waals surface area contributed by atoms with Gasteiger partial charge in [0.05, 0.1) is 18.4 Å². The molecule has 22 heavy (non-hydrogen) atoms. The molecule has 0 aromatic heterocycles. The molecule has 2 N–H and O–H groups in total. The summed E-state index contributed by atoms with van der Waals surface area (Å²) in [4.78, 5) is 11.5. The Kier molecular flexibility index (Phi) is 3.50. The van der Waals surface area contributed by atoms with Crippen molar-refractivity contribution in [1.29, 1.82) is 0 Å². The van der Waals surface area contributed by atoms with Gasteiger partial charge < -0.3 is 10.1 Å². The fourth-order valence-corrected chi connectivity index (χ4v) is 3.31. The molecular formula is C15H14N2O4S. The third-order valence-electron chi connectivity index (χ3n) is 3.35. The SMILES string of the molecule is COc1ccc(S(=O)(=O)Nc2ccc3c(c2)CC(=O)N3)cc1. The molecule has 2 aromatic rings. The summed E-state index contributed by atoms with van der Waals surface area (Å²) in [5.41, 5.74) is 1.92. The summed E-state index contributed by atoms with van der Waals surface area (Å²) in [7, 11) is -2.16. The van der Waals surface area contributed by atoms with E-state index in [4.69, 9.17) is 4.74 Å². The average molecular weight is 318 g/mol. The van der Waals surface area contributed by atoms with Gasteiger partial charge in [0, 0.05) is 11.4 Å². The standard InChI is InChI=1S/C15H14N2O4S/c1-21-12-3-5-13(6-4-12)22(19,20)17-11-2-7-14-10(8-11)9-15(18)16-14/h2-8,17H,9H2,1H3,(H,16,18). The van der Waals surface area contributed by atoms with Gasteiger partial charge in [-0.15, -0.1) is 0 Å². The highest BCUT2D eigenvalue weighted by molar-refractivity contribution is 7.92. The van der Waals surface area contributed by atoms with Crippen LogP contribution in [0.5, 0.6) is 5.75 Å². The van der Waals surface area contributed by atoms with Crippen LogP contribution in [-0.2, 0) is 21.2 Å². The molecule has 0 aliphatic carbocycles. The molecule has 114 valence electrons. The van der Waals surface area contributed by atoms with Gasteiger partial charge in [0.15, 0.2) is 0 Å². The Labute approximate surface area is 128 Å². The molecule has 0 unspecified atom stereocenters. The van der Waals surface area contributed by atoms with Crippen molar-refractivity contribution in [3.05, 3.63) is 48.0 Å². The van der Waals surface area contributed by atoms with E-state index in [-0.39, 0.29) is 17.2 Å². The van der Waals surface area contributed by atoms with Crippen molar-refractivity contribution in [1.82, 2.24) is 0 Å². The molecule has 0 atom stereocenters. The normalized spacial score (nSPS) is 13.4. The minimum atomic E-state index is -3.68. The Bertz CT molecular complexity index is 829. The first-order chi connectivity index (χ1) is 10.5. The summed E-state index contributed by atoms with van der Waals surface area (Å²) >= 11 is 0. The van der Waals surface area contributed by atoms with Crippen molar-refractivity contribution in [2.24, 2.45) is 0 Å². The van der Waals surface area contributed by atoms with Crippen LogP contribution in [0.25, 0.3) is 0 Å². The van der Waals surface area contributed by atoms with E-state index < -0.39 is 10.0 Å². The average Bonchev–Trinajstić information content (AvgIpc) is 2.86. The van der Waals surface area contributed by atoms with Gasteiger partial charge >= 0.3 is 0 Å². The third-order valence-corrected chi connectivity index (χ3v) is 4.75. The molecule has 3 rings (SSSR count). The Balaban J connectivity index is 1.85. The Morgan fingerprint density at radius 3 is 2.55 bits per heavy atom. The minimum absolute atomic E-state index is 0.0924. The summed E-state index contributed by atoms with van der Waals surface area (Å²) in [6.07, 6.45) is 0.257. The Hall–Kier alpha value is -2.54. The maximum absolute atomic E-state index is 12.3. The van der Waals surface area contributed by atoms with Crippen LogP contribution >= 0.6 is 0 Å². The van der Waals surface area contributed by atoms with Crippen LogP contribution in [0.1, 0.15) is 5.56 Å². The number of amides is 1. The van der Waals surface area contributed by atoms with Gasteiger partial charge in [-0.2, -0.15) is 0 Å². The Morgan fingerprint density at radius 1 is 1.14 bits per heavy atom. The maximum Gasteiger partial charge on any atom is 0.261 e. The number of rotatable bonds is 4. The first-order valence-corrected chi connectivity index (χ1v) is 8.06. The molecule has 0 saturated carbocycles. The van der Waals surface area contributed by atoms with E-state index in [1.54, 1.807) is 30.3 Å². The van der Waals surface area contributed by atoms with Gasteiger partial charge in [0.1, 0.15) is 5.75 Å². The predicted molar refractivity (Wildman–Crippen MR) is 82.6 cm³/mol. The molecule has 0 bridgehead atoms. The number of sulfonamides is 1. The molecule has 2 aromatic carbocycles. The lowest BCUT2D eigenvalue weighted by molar-refractivity contribution is -0.115. The molecular weight excluding hydrogens is 304 g/mol. The van der Waals surface area contributed by atoms with Crippen LogP contribution in [0.4, 0.5) is 11.4 Å². The summed E-state index contributed by atoms with van der Waals surface area (Å²) in [6, 6.07) is 11.1. The molecule has 0 radical (unpaired) electrons. The lowest BCUT2D eigenvalue weighted by Gasteiger charge is -2.10. The molecule has 7 heteroatoms. The molecule has 1 amide bonds. The second-order valence-electron chi connectivity index (χ2n) is 4.88. The van der Waals surface area contributed by atoms with Gasteiger partial charge in [-0.05, 0) is 48.0 Å². The topological polar surface area (TPSA) is 84.5 Å². The number of anilines is 2. The number of carbonyl (C=O) groups excluding carboxylic acids is 1. The molecule has 1 aliphatic rings. The maximum atomic E-state index is 12.3. The van der Waals surface area contributed by atoms with E-state index in [0.29, 0.717) is 11.4 Å². The van der Waals surface area contributed by atoms with Crippen molar-refractivity contribution in [3.8, 4) is 5.75 Å². The molecule has 1 aliphatic heterocycles. The third kappa shape index (κ3) is 2.75. The van der Waals surface area contributed by atoms with Crippen molar-refractivity contribution in [2.45, 2.75) is 11.3 Å². The van der Waals surface area contributed by atoms with E-state index >= 15 is 0 Å². The largest absolute Gasteiger partial charge is 0.497 e. The number of methoxy groups -OCH3 is 1. The van der Waals surface area contributed by atoms with Gasteiger partial charge in [0.25, 0.3) is 10.0 Å². The minimum Gasteiger partial charge on any atom is -0.497 e. The van der Waals surface area contributed by atoms with E-state index in [0.717, 1.165) is 11.3 Å². The zero-order valence-corrected chi connectivity index (χ0v) is 12.6. The van der Waals surface area contributed by atoms with Gasteiger partial charge in [-0.1, -0.05) is 0 Å². The molecule has 0 fully saturated rings. The van der Waals surface area contributed by atoms with Gasteiger partial charge in [0.2, 0.25) is 5.91 Å². The molecule has 1 heterocycles. The monoisotopic (exact) mass is 318 g/mol. The van der Waals surface area contributed by atoms with Gasteiger partial charge in [-0.25, -0.2) is 8.42 Å². The van der Waals surface area contributed by atoms with Crippen molar-refractivity contribution >= 4 is 27.3 Å². The van der Waals surface area contributed by atoms with Crippen LogP contribution in [0.15, 0.2) is 47.4 Å². The quantitative estimate of drug-likeness (QED) is 0.903. The number of benzene rings is 2. The predicted octanol–water partition coefficient (Wildman–Crippen LogP) is 1.99. The summed E-state index contributed by atoms with van der Waals surface area (Å²) < 4.78 is 32.2. The lowest BCUT2D eigenvalue weighted by Crippen LogP contribution is -2.12. The Morgan fingerprint density at radius 2 is 1.86 bits per heavy atom. The number of fused-ring (bicyclic) bond motifs is 1. The summed E-state index contributed by atoms with van der Waals surface area (Å²) in [5.74, 6) is 0.492. The van der Waals surface area contributed by atoms with Crippen molar-refractivity contribution < 1.29 is 17.9 Å². The van der Waals surface area contributed by atoms with Crippen LogP contribution in [-0.4, -0.2) is 21.4 Å². The molecule has 0 spiro atoms. The van der Waals surface area contributed by atoms with E-state index in [1.165, 1.54) is 19.2 Å². The molecule has 6 nitrogen and oxygen atoms in total. The van der Waals surface area contributed by atoms with Gasteiger partial charge in [-0.3, -0.25) is 9.52 Å². The van der Waals surface area contributed by atoms with E-state index in [2.05, 4.69) is 10.0 Å². The van der Waals surface area contributed by atoms with Crippen molar-refractivity contribution in [3.63, 3.8) is 0 Å². The van der Waals surface area contributed by atoms with Crippen LogP contribution in [0, 0.1) is 0 Å². The van der Waals surface area contributed by atoms with Crippen molar-refractivity contribution in [2.75, 3.05) is 17.1 Å². The highest BCUT2D eigenvalue weighted by Crippen LogP contribution is 2.27. The highest BCUT2D eigenvalue weighted by Gasteiger charge is 2.19. The number of ether oxygens (including phenoxy) is 1.